The van der Waals surface area contributed by atoms with Crippen LogP contribution >= 0.6 is 11.3 Å². The van der Waals surface area contributed by atoms with Crippen molar-refractivity contribution in [2.45, 2.75) is 25.9 Å². The Balaban J connectivity index is 1.64. The minimum Gasteiger partial charge on any atom is -0.494 e. The molecule has 0 bridgehead atoms. The maximum absolute atomic E-state index is 14.1. The quantitative estimate of drug-likeness (QED) is 0.504. The summed E-state index contributed by atoms with van der Waals surface area (Å²) in [4.78, 5) is 11.7. The predicted octanol–water partition coefficient (Wildman–Crippen LogP) is 5.23. The Morgan fingerprint density at radius 2 is 2.14 bits per heavy atom. The van der Waals surface area contributed by atoms with Gasteiger partial charge in [0.2, 0.25) is 0 Å². The van der Waals surface area contributed by atoms with E-state index in [9.17, 15) is 4.39 Å². The summed E-state index contributed by atoms with van der Waals surface area (Å²) in [5.74, 6) is -0.0621. The molecule has 5 rings (SSSR count). The lowest BCUT2D eigenvalue weighted by Gasteiger charge is -2.36. The van der Waals surface area contributed by atoms with Gasteiger partial charge < -0.3 is 9.72 Å². The number of nitrogens with zero attached hydrogens (tertiary/aromatic N) is 2. The van der Waals surface area contributed by atoms with Gasteiger partial charge in [0, 0.05) is 40.8 Å². The number of para-hydroxylation sites is 1. The van der Waals surface area contributed by atoms with E-state index in [2.05, 4.69) is 39.1 Å². The number of thiazole rings is 1. The number of aromatic nitrogens is 2. The number of aromatic amines is 1. The van der Waals surface area contributed by atoms with Gasteiger partial charge in [-0.2, -0.15) is 0 Å². The molecule has 0 fully saturated rings. The fourth-order valence-corrected chi connectivity index (χ4v) is 5.18. The van der Waals surface area contributed by atoms with E-state index in [1.54, 1.807) is 11.3 Å². The number of benzene rings is 2. The molecule has 4 nitrogen and oxygen atoms in total. The van der Waals surface area contributed by atoms with Gasteiger partial charge in [0.1, 0.15) is 0 Å². The van der Waals surface area contributed by atoms with Crippen LogP contribution in [0.1, 0.15) is 32.7 Å². The molecule has 1 aliphatic heterocycles. The van der Waals surface area contributed by atoms with E-state index in [1.807, 2.05) is 25.3 Å². The molecule has 0 saturated carbocycles. The van der Waals surface area contributed by atoms with Crippen molar-refractivity contribution in [3.8, 4) is 5.75 Å². The van der Waals surface area contributed by atoms with Crippen molar-refractivity contribution in [3.05, 3.63) is 81.2 Å². The van der Waals surface area contributed by atoms with Crippen molar-refractivity contribution < 1.29 is 9.13 Å². The van der Waals surface area contributed by atoms with Gasteiger partial charge in [-0.15, -0.1) is 11.3 Å². The third-order valence-electron chi connectivity index (χ3n) is 5.65. The molecule has 1 aliphatic rings. The number of fused-ring (bicyclic) bond motifs is 3. The average Bonchev–Trinajstić information content (AvgIpc) is 3.31. The number of nitrogens with one attached hydrogen (secondary N) is 1. The number of rotatable bonds is 4. The summed E-state index contributed by atoms with van der Waals surface area (Å²) in [6.45, 7) is 3.77. The van der Waals surface area contributed by atoms with E-state index < -0.39 is 0 Å². The van der Waals surface area contributed by atoms with Gasteiger partial charge >= 0.3 is 0 Å². The highest BCUT2D eigenvalue weighted by Crippen LogP contribution is 2.40. The van der Waals surface area contributed by atoms with Gasteiger partial charge in [0.15, 0.2) is 11.6 Å². The van der Waals surface area contributed by atoms with E-state index in [4.69, 9.17) is 4.74 Å². The molecular weight excluding hydrogens is 385 g/mol. The van der Waals surface area contributed by atoms with Gasteiger partial charge in [-0.1, -0.05) is 24.3 Å². The number of hydrogen-bond acceptors (Lipinski definition) is 4. The Morgan fingerprint density at radius 3 is 2.93 bits per heavy atom. The topological polar surface area (TPSA) is 41.1 Å². The maximum Gasteiger partial charge on any atom is 0.165 e. The minimum absolute atomic E-state index is 0.00283. The second-order valence-electron chi connectivity index (χ2n) is 7.43. The molecule has 2 aromatic heterocycles. The second kappa shape index (κ2) is 7.28. The summed E-state index contributed by atoms with van der Waals surface area (Å²) in [6.07, 6.45) is 2.94. The zero-order valence-corrected chi connectivity index (χ0v) is 17.2. The third kappa shape index (κ3) is 3.22. The van der Waals surface area contributed by atoms with Crippen LogP contribution in [0.4, 0.5) is 4.39 Å². The molecule has 0 saturated heterocycles. The second-order valence-corrected chi connectivity index (χ2v) is 8.74. The monoisotopic (exact) mass is 407 g/mol. The summed E-state index contributed by atoms with van der Waals surface area (Å²) in [5.41, 5.74) is 4.71. The van der Waals surface area contributed by atoms with Crippen molar-refractivity contribution in [3.63, 3.8) is 0 Å². The lowest BCUT2D eigenvalue weighted by molar-refractivity contribution is 0.203. The molecule has 6 heteroatoms. The van der Waals surface area contributed by atoms with Crippen LogP contribution in [-0.2, 0) is 13.0 Å². The van der Waals surface area contributed by atoms with Gasteiger partial charge in [-0.25, -0.2) is 9.37 Å². The van der Waals surface area contributed by atoms with E-state index in [1.165, 1.54) is 34.7 Å². The van der Waals surface area contributed by atoms with Crippen molar-refractivity contribution >= 4 is 22.2 Å². The number of hydrogen-bond donors (Lipinski definition) is 1. The Labute approximate surface area is 173 Å². The molecule has 29 heavy (non-hydrogen) atoms. The Bertz CT molecular complexity index is 1180. The van der Waals surface area contributed by atoms with Crippen molar-refractivity contribution in [1.82, 2.24) is 14.9 Å². The van der Waals surface area contributed by atoms with E-state index >= 15 is 0 Å². The van der Waals surface area contributed by atoms with Crippen molar-refractivity contribution in [2.75, 3.05) is 13.7 Å². The van der Waals surface area contributed by atoms with Crippen molar-refractivity contribution in [1.29, 1.82) is 0 Å². The van der Waals surface area contributed by atoms with Crippen LogP contribution in [-0.4, -0.2) is 28.5 Å². The van der Waals surface area contributed by atoms with Gasteiger partial charge in [0.05, 0.1) is 18.2 Å². The zero-order valence-electron chi connectivity index (χ0n) is 16.4. The Kier molecular flexibility index (Phi) is 4.60. The number of halogens is 1. The molecular formula is C23H22FN3OS. The first kappa shape index (κ1) is 18.3. The molecule has 4 aromatic rings. The van der Waals surface area contributed by atoms with Gasteiger partial charge in [0.25, 0.3) is 0 Å². The zero-order chi connectivity index (χ0) is 20.0. The highest BCUT2D eigenvalue weighted by atomic mass is 32.1. The van der Waals surface area contributed by atoms with Crippen molar-refractivity contribution in [2.24, 2.45) is 0 Å². The summed E-state index contributed by atoms with van der Waals surface area (Å²) < 4.78 is 19.4. The Morgan fingerprint density at radius 1 is 1.28 bits per heavy atom. The summed E-state index contributed by atoms with van der Waals surface area (Å²) >= 11 is 1.73. The standard InChI is InChI=1S/C23H22FN3OS/c1-14-25-12-16(29-14)13-27-10-9-18-17-5-3-4-6-20(17)26-22(18)23(27)15-7-8-19(24)21(11-15)28-2/h3-8,11-12,23,26H,9-10,13H2,1-2H3/t23-/m1/s1. The summed E-state index contributed by atoms with van der Waals surface area (Å²) in [5, 5.41) is 2.35. The van der Waals surface area contributed by atoms with Crippen LogP contribution in [0.5, 0.6) is 5.75 Å². The summed E-state index contributed by atoms with van der Waals surface area (Å²) in [6, 6.07) is 13.6. The fraction of sp³-hybridized carbons (Fsp3) is 0.261. The molecule has 0 radical (unpaired) electrons. The first-order chi connectivity index (χ1) is 14.1. The normalized spacial score (nSPS) is 16.9. The highest BCUT2D eigenvalue weighted by molar-refractivity contribution is 7.11. The highest BCUT2D eigenvalue weighted by Gasteiger charge is 2.32. The van der Waals surface area contributed by atoms with Crippen LogP contribution < -0.4 is 4.74 Å². The molecule has 0 amide bonds. The number of aryl methyl sites for hydroxylation is 1. The first-order valence-corrected chi connectivity index (χ1v) is 10.5. The Hall–Kier alpha value is -2.70. The first-order valence-electron chi connectivity index (χ1n) is 9.72. The number of methoxy groups -OCH3 is 1. The smallest absolute Gasteiger partial charge is 0.165 e. The minimum atomic E-state index is -0.339. The fourth-order valence-electron chi connectivity index (χ4n) is 4.36. The SMILES string of the molecule is COc1cc([C@@H]2c3[nH]c4ccccc4c3CCN2Cc2cnc(C)s2)ccc1F. The molecule has 0 spiro atoms. The lowest BCUT2D eigenvalue weighted by Crippen LogP contribution is -2.35. The molecule has 148 valence electrons. The molecule has 3 heterocycles. The average molecular weight is 408 g/mol. The number of ether oxygens (including phenoxy) is 1. The number of H-pyrrole nitrogens is 1. The van der Waals surface area contributed by atoms with Crippen LogP contribution in [0.25, 0.3) is 10.9 Å². The largest absolute Gasteiger partial charge is 0.494 e. The molecule has 1 N–H and O–H groups in total. The van der Waals surface area contributed by atoms with Crippen LogP contribution in [0.3, 0.4) is 0 Å². The van der Waals surface area contributed by atoms with E-state index in [0.29, 0.717) is 0 Å². The van der Waals surface area contributed by atoms with Gasteiger partial charge in [-0.3, -0.25) is 4.90 Å². The van der Waals surface area contributed by atoms with Crippen LogP contribution in [0.2, 0.25) is 0 Å². The third-order valence-corrected chi connectivity index (χ3v) is 6.55. The van der Waals surface area contributed by atoms with Crippen LogP contribution in [0.15, 0.2) is 48.7 Å². The van der Waals surface area contributed by atoms with E-state index in [0.717, 1.165) is 35.6 Å². The van der Waals surface area contributed by atoms with Gasteiger partial charge in [-0.05, 0) is 42.7 Å². The lowest BCUT2D eigenvalue weighted by atomic mass is 9.92. The molecule has 1 atom stereocenters. The molecule has 0 unspecified atom stereocenters. The molecule has 0 aliphatic carbocycles. The maximum atomic E-state index is 14.1. The summed E-state index contributed by atoms with van der Waals surface area (Å²) in [7, 11) is 1.51. The van der Waals surface area contributed by atoms with E-state index in [-0.39, 0.29) is 17.6 Å². The predicted molar refractivity (Wildman–Crippen MR) is 114 cm³/mol. The van der Waals surface area contributed by atoms with Crippen LogP contribution in [0, 0.1) is 12.7 Å². The molecule has 2 aromatic carbocycles.